The van der Waals surface area contributed by atoms with E-state index in [1.807, 2.05) is 31.2 Å². The highest BCUT2D eigenvalue weighted by molar-refractivity contribution is 5.95. The molecule has 0 spiro atoms. The van der Waals surface area contributed by atoms with Crippen molar-refractivity contribution in [2.75, 3.05) is 25.5 Å². The Morgan fingerprint density at radius 3 is 3.05 bits per heavy atom. The lowest BCUT2D eigenvalue weighted by Gasteiger charge is -2.32. The van der Waals surface area contributed by atoms with Crippen molar-refractivity contribution in [3.63, 3.8) is 0 Å². The van der Waals surface area contributed by atoms with Gasteiger partial charge in [0.15, 0.2) is 0 Å². The van der Waals surface area contributed by atoms with Crippen molar-refractivity contribution < 1.29 is 9.53 Å². The monoisotopic (exact) mass is 262 g/mol. The predicted octanol–water partition coefficient (Wildman–Crippen LogP) is 2.16. The van der Waals surface area contributed by atoms with Crippen LogP contribution in [0, 0.1) is 5.41 Å². The average Bonchev–Trinajstić information content (AvgIpc) is 2.40. The minimum absolute atomic E-state index is 0.0919. The SMILES string of the molecule is COCc1cccc(NC(=O)C2(C)CCCNC2)c1. The van der Waals surface area contributed by atoms with Crippen LogP contribution in [-0.2, 0) is 16.1 Å². The molecular formula is C15H22N2O2. The van der Waals surface area contributed by atoms with Gasteiger partial charge in [-0.25, -0.2) is 0 Å². The van der Waals surface area contributed by atoms with Gasteiger partial charge >= 0.3 is 0 Å². The first-order chi connectivity index (χ1) is 9.14. The molecule has 4 heteroatoms. The number of piperidine rings is 1. The summed E-state index contributed by atoms with van der Waals surface area (Å²) in [4.78, 5) is 12.4. The van der Waals surface area contributed by atoms with E-state index in [4.69, 9.17) is 4.74 Å². The van der Waals surface area contributed by atoms with Gasteiger partial charge in [-0.2, -0.15) is 0 Å². The zero-order valence-corrected chi connectivity index (χ0v) is 11.7. The van der Waals surface area contributed by atoms with Crippen molar-refractivity contribution in [1.82, 2.24) is 5.32 Å². The summed E-state index contributed by atoms with van der Waals surface area (Å²) in [5.41, 5.74) is 1.59. The fraction of sp³-hybridized carbons (Fsp3) is 0.533. The van der Waals surface area contributed by atoms with E-state index < -0.39 is 0 Å². The zero-order valence-electron chi connectivity index (χ0n) is 11.7. The molecule has 4 nitrogen and oxygen atoms in total. The highest BCUT2D eigenvalue weighted by atomic mass is 16.5. The van der Waals surface area contributed by atoms with E-state index in [9.17, 15) is 4.79 Å². The zero-order chi connectivity index (χ0) is 13.7. The van der Waals surface area contributed by atoms with Gasteiger partial charge in [0.25, 0.3) is 0 Å². The summed E-state index contributed by atoms with van der Waals surface area (Å²) in [7, 11) is 1.67. The smallest absolute Gasteiger partial charge is 0.231 e. The van der Waals surface area contributed by atoms with Gasteiger partial charge in [0.1, 0.15) is 0 Å². The lowest BCUT2D eigenvalue weighted by Crippen LogP contribution is -2.46. The van der Waals surface area contributed by atoms with E-state index in [1.54, 1.807) is 7.11 Å². The molecule has 0 aliphatic carbocycles. The van der Waals surface area contributed by atoms with Gasteiger partial charge in [0, 0.05) is 19.3 Å². The molecule has 0 radical (unpaired) electrons. The number of anilines is 1. The molecular weight excluding hydrogens is 240 g/mol. The van der Waals surface area contributed by atoms with Crippen molar-refractivity contribution in [3.05, 3.63) is 29.8 Å². The van der Waals surface area contributed by atoms with Crippen molar-refractivity contribution >= 4 is 11.6 Å². The first-order valence-electron chi connectivity index (χ1n) is 6.74. The van der Waals surface area contributed by atoms with Crippen LogP contribution in [0.1, 0.15) is 25.3 Å². The van der Waals surface area contributed by atoms with Crippen LogP contribution in [0.3, 0.4) is 0 Å². The van der Waals surface area contributed by atoms with Crippen LogP contribution in [0.15, 0.2) is 24.3 Å². The van der Waals surface area contributed by atoms with Gasteiger partial charge in [-0.15, -0.1) is 0 Å². The van der Waals surface area contributed by atoms with Crippen LogP contribution in [-0.4, -0.2) is 26.1 Å². The summed E-state index contributed by atoms with van der Waals surface area (Å²) in [5, 5.41) is 6.31. The molecule has 1 atom stereocenters. The Kier molecular flexibility index (Phi) is 4.56. The highest BCUT2D eigenvalue weighted by Crippen LogP contribution is 2.27. The number of amides is 1. The molecule has 0 saturated carbocycles. The van der Waals surface area contributed by atoms with Crippen LogP contribution in [0.4, 0.5) is 5.69 Å². The Balaban J connectivity index is 2.03. The molecule has 19 heavy (non-hydrogen) atoms. The van der Waals surface area contributed by atoms with E-state index >= 15 is 0 Å². The molecule has 1 aromatic carbocycles. The lowest BCUT2D eigenvalue weighted by atomic mass is 9.82. The largest absolute Gasteiger partial charge is 0.380 e. The van der Waals surface area contributed by atoms with Crippen molar-refractivity contribution in [2.45, 2.75) is 26.4 Å². The van der Waals surface area contributed by atoms with Gasteiger partial charge < -0.3 is 15.4 Å². The van der Waals surface area contributed by atoms with Crippen molar-refractivity contribution in [3.8, 4) is 0 Å². The maximum atomic E-state index is 12.4. The number of carbonyl (C=O) groups is 1. The van der Waals surface area contributed by atoms with Crippen molar-refractivity contribution in [1.29, 1.82) is 0 Å². The van der Waals surface area contributed by atoms with Crippen LogP contribution >= 0.6 is 0 Å². The molecule has 0 bridgehead atoms. The topological polar surface area (TPSA) is 50.4 Å². The molecule has 0 aromatic heterocycles. The Hall–Kier alpha value is -1.39. The van der Waals surface area contributed by atoms with E-state index in [2.05, 4.69) is 10.6 Å². The normalized spacial score (nSPS) is 23.1. The number of carbonyl (C=O) groups excluding carboxylic acids is 1. The Morgan fingerprint density at radius 1 is 1.53 bits per heavy atom. The molecule has 1 amide bonds. The summed E-state index contributed by atoms with van der Waals surface area (Å²) in [6.07, 6.45) is 1.98. The molecule has 1 aromatic rings. The van der Waals surface area contributed by atoms with Crippen LogP contribution < -0.4 is 10.6 Å². The minimum Gasteiger partial charge on any atom is -0.380 e. The Morgan fingerprint density at radius 2 is 2.37 bits per heavy atom. The Bertz CT molecular complexity index is 440. The summed E-state index contributed by atoms with van der Waals surface area (Å²) in [5.74, 6) is 0.0919. The first kappa shape index (κ1) is 14.0. The molecule has 2 rings (SSSR count). The standard InChI is InChI=1S/C15H22N2O2/c1-15(7-4-8-16-11-15)14(18)17-13-6-3-5-12(9-13)10-19-2/h3,5-6,9,16H,4,7-8,10-11H2,1-2H3,(H,17,18). The van der Waals surface area contributed by atoms with E-state index in [-0.39, 0.29) is 11.3 Å². The second-order valence-corrected chi connectivity index (χ2v) is 5.43. The molecule has 2 N–H and O–H groups in total. The molecule has 1 saturated heterocycles. The van der Waals surface area contributed by atoms with Crippen molar-refractivity contribution in [2.24, 2.45) is 5.41 Å². The number of benzene rings is 1. The third-order valence-corrected chi connectivity index (χ3v) is 3.64. The third kappa shape index (κ3) is 3.55. The number of hydrogen-bond acceptors (Lipinski definition) is 3. The predicted molar refractivity (Wildman–Crippen MR) is 76.0 cm³/mol. The van der Waals surface area contributed by atoms with E-state index in [1.165, 1.54) is 0 Å². The minimum atomic E-state index is -0.310. The van der Waals surface area contributed by atoms with Gasteiger partial charge in [-0.3, -0.25) is 4.79 Å². The fourth-order valence-electron chi connectivity index (χ4n) is 2.44. The highest BCUT2D eigenvalue weighted by Gasteiger charge is 2.34. The quantitative estimate of drug-likeness (QED) is 0.874. The van der Waals surface area contributed by atoms with E-state index in [0.717, 1.165) is 37.2 Å². The summed E-state index contributed by atoms with van der Waals surface area (Å²) >= 11 is 0. The molecule has 104 valence electrons. The molecule has 1 aliphatic heterocycles. The molecule has 1 fully saturated rings. The summed E-state index contributed by atoms with van der Waals surface area (Å²) in [6.45, 7) is 4.33. The number of ether oxygens (including phenoxy) is 1. The number of rotatable bonds is 4. The summed E-state index contributed by atoms with van der Waals surface area (Å²) < 4.78 is 5.10. The van der Waals surface area contributed by atoms with Gasteiger partial charge in [0.05, 0.1) is 12.0 Å². The number of methoxy groups -OCH3 is 1. The second-order valence-electron chi connectivity index (χ2n) is 5.43. The molecule has 1 heterocycles. The van der Waals surface area contributed by atoms with Crippen LogP contribution in [0.5, 0.6) is 0 Å². The van der Waals surface area contributed by atoms with Crippen LogP contribution in [0.25, 0.3) is 0 Å². The fourth-order valence-corrected chi connectivity index (χ4v) is 2.44. The van der Waals surface area contributed by atoms with Gasteiger partial charge in [-0.1, -0.05) is 12.1 Å². The number of nitrogens with one attached hydrogen (secondary N) is 2. The maximum absolute atomic E-state index is 12.4. The van der Waals surface area contributed by atoms with E-state index in [0.29, 0.717) is 6.61 Å². The third-order valence-electron chi connectivity index (χ3n) is 3.64. The van der Waals surface area contributed by atoms with Gasteiger partial charge in [0.2, 0.25) is 5.91 Å². The first-order valence-corrected chi connectivity index (χ1v) is 6.74. The lowest BCUT2D eigenvalue weighted by molar-refractivity contribution is -0.125. The van der Waals surface area contributed by atoms with Crippen LogP contribution in [0.2, 0.25) is 0 Å². The maximum Gasteiger partial charge on any atom is 0.231 e. The number of hydrogen-bond donors (Lipinski definition) is 2. The summed E-state index contributed by atoms with van der Waals surface area (Å²) in [6, 6.07) is 7.80. The van der Waals surface area contributed by atoms with Gasteiger partial charge in [-0.05, 0) is 44.0 Å². The molecule has 1 unspecified atom stereocenters. The Labute approximate surface area is 114 Å². The molecule has 1 aliphatic rings. The average molecular weight is 262 g/mol. The second kappa shape index (κ2) is 6.17.